The molecule has 0 aliphatic rings. The molecule has 0 saturated carbocycles. The molecule has 72 valence electrons. The maximum Gasteiger partial charge on any atom is 0.248 e. The Labute approximate surface area is 82.1 Å². The predicted molar refractivity (Wildman–Crippen MR) is 44.1 cm³/mol. The Kier molecular flexibility index (Phi) is 2.12. The van der Waals surface area contributed by atoms with E-state index in [1.807, 2.05) is 0 Å². The van der Waals surface area contributed by atoms with Crippen LogP contribution < -0.4 is 0 Å². The molecule has 0 spiro atoms. The second-order valence-electron chi connectivity index (χ2n) is 2.46. The van der Waals surface area contributed by atoms with E-state index in [9.17, 15) is 8.78 Å². The number of rotatable bonds is 1. The molecule has 0 aliphatic carbocycles. The van der Waals surface area contributed by atoms with Gasteiger partial charge in [0.25, 0.3) is 0 Å². The minimum absolute atomic E-state index is 0.00130. The van der Waals surface area contributed by atoms with Gasteiger partial charge in [-0.05, 0) is 34.2 Å². The molecule has 7 heteroatoms. The highest BCUT2D eigenvalue weighted by molar-refractivity contribution is 6.28. The van der Waals surface area contributed by atoms with Crippen molar-refractivity contribution in [2.75, 3.05) is 0 Å². The Morgan fingerprint density at radius 2 is 2.07 bits per heavy atom. The monoisotopic (exact) mass is 216 g/mol. The van der Waals surface area contributed by atoms with E-state index in [-0.39, 0.29) is 11.0 Å². The van der Waals surface area contributed by atoms with Crippen LogP contribution in [0, 0.1) is 11.6 Å². The molecule has 0 aliphatic heterocycles. The highest BCUT2D eigenvalue weighted by Crippen LogP contribution is 2.16. The van der Waals surface area contributed by atoms with Crippen LogP contribution in [0.3, 0.4) is 0 Å². The van der Waals surface area contributed by atoms with Crippen molar-refractivity contribution in [3.63, 3.8) is 0 Å². The van der Waals surface area contributed by atoms with Gasteiger partial charge in [-0.25, -0.2) is 8.78 Å². The van der Waals surface area contributed by atoms with Crippen molar-refractivity contribution < 1.29 is 8.78 Å². The standard InChI is InChI=1S/C7H3ClF2N4/c8-7-11-12-13-14(7)6-2-1-4(9)3-5(6)10/h1-3H. The third-order valence-corrected chi connectivity index (χ3v) is 1.81. The largest absolute Gasteiger partial charge is 0.248 e. The van der Waals surface area contributed by atoms with Crippen molar-refractivity contribution >= 4 is 11.6 Å². The van der Waals surface area contributed by atoms with Crippen LogP contribution in [0.1, 0.15) is 0 Å². The van der Waals surface area contributed by atoms with Crippen LogP contribution in [-0.2, 0) is 0 Å². The zero-order chi connectivity index (χ0) is 10.1. The van der Waals surface area contributed by atoms with E-state index < -0.39 is 11.6 Å². The van der Waals surface area contributed by atoms with Crippen molar-refractivity contribution in [1.29, 1.82) is 0 Å². The Bertz CT molecular complexity index is 470. The average molecular weight is 217 g/mol. The minimum atomic E-state index is -0.779. The lowest BCUT2D eigenvalue weighted by Crippen LogP contribution is -2.00. The molecule has 0 amide bonds. The maximum atomic E-state index is 13.2. The van der Waals surface area contributed by atoms with E-state index in [1.54, 1.807) is 0 Å². The van der Waals surface area contributed by atoms with Crippen LogP contribution in [0.25, 0.3) is 5.69 Å². The lowest BCUT2D eigenvalue weighted by molar-refractivity contribution is 0.572. The summed E-state index contributed by atoms with van der Waals surface area (Å²) in [4.78, 5) is 0. The molecule has 0 saturated heterocycles. The SMILES string of the molecule is Fc1ccc(-n2nnnc2Cl)c(F)c1. The molecule has 1 aromatic carbocycles. The molecule has 1 heterocycles. The third kappa shape index (κ3) is 1.44. The van der Waals surface area contributed by atoms with Crippen LogP contribution in [0.5, 0.6) is 0 Å². The molecular formula is C7H3ClF2N4. The lowest BCUT2D eigenvalue weighted by Gasteiger charge is -2.01. The third-order valence-electron chi connectivity index (χ3n) is 1.57. The summed E-state index contributed by atoms with van der Waals surface area (Å²) in [6.07, 6.45) is 0. The van der Waals surface area contributed by atoms with E-state index in [0.717, 1.165) is 16.8 Å². The number of halogens is 3. The van der Waals surface area contributed by atoms with Crippen LogP contribution in [0.15, 0.2) is 18.2 Å². The van der Waals surface area contributed by atoms with Crippen LogP contribution >= 0.6 is 11.6 Å². The molecule has 0 unspecified atom stereocenters. The smallest absolute Gasteiger partial charge is 0.207 e. The molecule has 0 radical (unpaired) electrons. The summed E-state index contributed by atoms with van der Waals surface area (Å²) < 4.78 is 26.7. The molecule has 0 atom stereocenters. The summed E-state index contributed by atoms with van der Waals surface area (Å²) in [5.74, 6) is -1.45. The van der Waals surface area contributed by atoms with Gasteiger partial charge in [0, 0.05) is 6.07 Å². The lowest BCUT2D eigenvalue weighted by atomic mass is 10.3. The van der Waals surface area contributed by atoms with Crippen LogP contribution in [-0.4, -0.2) is 20.2 Å². The van der Waals surface area contributed by atoms with Gasteiger partial charge in [-0.3, -0.25) is 0 Å². The molecule has 0 fully saturated rings. The van der Waals surface area contributed by atoms with Gasteiger partial charge in [-0.1, -0.05) is 5.10 Å². The topological polar surface area (TPSA) is 43.6 Å². The highest BCUT2D eigenvalue weighted by Gasteiger charge is 2.10. The first-order chi connectivity index (χ1) is 6.68. The second-order valence-corrected chi connectivity index (χ2v) is 2.79. The van der Waals surface area contributed by atoms with Gasteiger partial charge < -0.3 is 0 Å². The van der Waals surface area contributed by atoms with Gasteiger partial charge in [0.05, 0.1) is 0 Å². The summed E-state index contributed by atoms with van der Waals surface area (Å²) in [5.41, 5.74) is 0.00130. The number of hydrogen-bond acceptors (Lipinski definition) is 3. The van der Waals surface area contributed by atoms with Crippen molar-refractivity contribution in [1.82, 2.24) is 20.2 Å². The maximum absolute atomic E-state index is 13.2. The summed E-state index contributed by atoms with van der Waals surface area (Å²) >= 11 is 5.55. The van der Waals surface area contributed by atoms with Crippen molar-refractivity contribution in [2.24, 2.45) is 0 Å². The van der Waals surface area contributed by atoms with Gasteiger partial charge >= 0.3 is 0 Å². The number of nitrogens with zero attached hydrogens (tertiary/aromatic N) is 4. The Morgan fingerprint density at radius 3 is 2.64 bits per heavy atom. The molecule has 1 aromatic heterocycles. The van der Waals surface area contributed by atoms with Crippen molar-refractivity contribution in [2.45, 2.75) is 0 Å². The van der Waals surface area contributed by atoms with Gasteiger partial charge in [0.1, 0.15) is 11.5 Å². The quantitative estimate of drug-likeness (QED) is 0.727. The summed E-state index contributed by atoms with van der Waals surface area (Å²) in [6, 6.07) is 3.02. The molecule has 2 rings (SSSR count). The van der Waals surface area contributed by atoms with Gasteiger partial charge in [-0.15, -0.1) is 0 Å². The molecular weight excluding hydrogens is 214 g/mol. The summed E-state index contributed by atoms with van der Waals surface area (Å²) in [7, 11) is 0. The average Bonchev–Trinajstić information content (AvgIpc) is 2.52. The van der Waals surface area contributed by atoms with Crippen molar-refractivity contribution in [3.05, 3.63) is 35.1 Å². The fraction of sp³-hybridized carbons (Fsp3) is 0. The zero-order valence-electron chi connectivity index (χ0n) is 6.65. The Balaban J connectivity index is 2.58. The number of aromatic nitrogens is 4. The van der Waals surface area contributed by atoms with E-state index in [4.69, 9.17) is 11.6 Å². The van der Waals surface area contributed by atoms with Crippen LogP contribution in [0.4, 0.5) is 8.78 Å². The first-order valence-electron chi connectivity index (χ1n) is 3.58. The first-order valence-corrected chi connectivity index (χ1v) is 3.95. The van der Waals surface area contributed by atoms with Gasteiger partial charge in [0.2, 0.25) is 5.28 Å². The fourth-order valence-electron chi connectivity index (χ4n) is 0.977. The second kappa shape index (κ2) is 3.30. The molecule has 2 aromatic rings. The Hall–Kier alpha value is -1.56. The molecule has 0 bridgehead atoms. The van der Waals surface area contributed by atoms with Crippen LogP contribution in [0.2, 0.25) is 5.28 Å². The fourth-order valence-corrected chi connectivity index (χ4v) is 1.14. The summed E-state index contributed by atoms with van der Waals surface area (Å²) in [6.45, 7) is 0. The van der Waals surface area contributed by atoms with E-state index in [1.165, 1.54) is 6.07 Å². The van der Waals surface area contributed by atoms with Crippen molar-refractivity contribution in [3.8, 4) is 5.69 Å². The predicted octanol–water partition coefficient (Wildman–Crippen LogP) is 1.59. The first kappa shape index (κ1) is 9.01. The number of benzene rings is 1. The molecule has 4 nitrogen and oxygen atoms in total. The van der Waals surface area contributed by atoms with E-state index in [0.29, 0.717) is 0 Å². The molecule has 0 N–H and O–H groups in total. The number of hydrogen-bond donors (Lipinski definition) is 0. The van der Waals surface area contributed by atoms with E-state index >= 15 is 0 Å². The van der Waals surface area contributed by atoms with Gasteiger partial charge in [0.15, 0.2) is 5.82 Å². The highest BCUT2D eigenvalue weighted by atomic mass is 35.5. The summed E-state index contributed by atoms with van der Waals surface area (Å²) in [5, 5.41) is 9.95. The normalized spacial score (nSPS) is 10.5. The van der Waals surface area contributed by atoms with E-state index in [2.05, 4.69) is 15.5 Å². The molecule has 14 heavy (non-hydrogen) atoms. The Morgan fingerprint density at radius 1 is 1.29 bits per heavy atom. The minimum Gasteiger partial charge on any atom is -0.207 e. The zero-order valence-corrected chi connectivity index (χ0v) is 7.41. The number of tetrazole rings is 1. The van der Waals surface area contributed by atoms with Gasteiger partial charge in [-0.2, -0.15) is 4.68 Å².